The molecular weight excluding hydrogens is 308 g/mol. The van der Waals surface area contributed by atoms with Gasteiger partial charge >= 0.3 is 5.97 Å². The summed E-state index contributed by atoms with van der Waals surface area (Å²) in [5, 5.41) is 12.6. The van der Waals surface area contributed by atoms with Gasteiger partial charge in [-0.1, -0.05) is 18.5 Å². The molecule has 0 unspecified atom stereocenters. The number of ether oxygens (including phenoxy) is 1. The van der Waals surface area contributed by atoms with E-state index in [0.29, 0.717) is 23.0 Å². The van der Waals surface area contributed by atoms with Crippen molar-refractivity contribution in [2.24, 2.45) is 11.8 Å². The normalized spacial score (nSPS) is 20.8. The van der Waals surface area contributed by atoms with E-state index < -0.39 is 11.9 Å². The molecule has 0 aliphatic carbocycles. The topological polar surface area (TPSA) is 78.9 Å². The van der Waals surface area contributed by atoms with Gasteiger partial charge in [0.2, 0.25) is 5.91 Å². The van der Waals surface area contributed by atoms with Crippen LogP contribution >= 0.6 is 11.6 Å². The fraction of sp³-hybridized carbons (Fsp3) is 0.467. The van der Waals surface area contributed by atoms with Crippen molar-refractivity contribution >= 4 is 29.2 Å². The summed E-state index contributed by atoms with van der Waals surface area (Å²) in [5.41, 5.74) is 0.630. The Hall–Kier alpha value is -1.95. The fourth-order valence-corrected chi connectivity index (χ4v) is 2.76. The first-order valence-electron chi connectivity index (χ1n) is 7.00. The van der Waals surface area contributed by atoms with Gasteiger partial charge in [0.15, 0.2) is 0 Å². The van der Waals surface area contributed by atoms with E-state index in [1.165, 1.54) is 7.11 Å². The van der Waals surface area contributed by atoms with Crippen LogP contribution in [-0.4, -0.2) is 48.6 Å². The largest absolute Gasteiger partial charge is 0.495 e. The van der Waals surface area contributed by atoms with Crippen molar-refractivity contribution in [3.05, 3.63) is 23.2 Å². The van der Waals surface area contributed by atoms with Gasteiger partial charge in [-0.05, 0) is 24.1 Å². The molecular formula is C15H19ClN2O4. The highest BCUT2D eigenvalue weighted by Crippen LogP contribution is 2.28. The number of benzene rings is 1. The molecule has 2 atom stereocenters. The van der Waals surface area contributed by atoms with Crippen molar-refractivity contribution in [1.29, 1.82) is 0 Å². The zero-order chi connectivity index (χ0) is 16.3. The van der Waals surface area contributed by atoms with Crippen molar-refractivity contribution in [1.82, 2.24) is 4.90 Å². The van der Waals surface area contributed by atoms with Crippen molar-refractivity contribution in [3.63, 3.8) is 0 Å². The summed E-state index contributed by atoms with van der Waals surface area (Å²) in [6, 6.07) is 5.10. The van der Waals surface area contributed by atoms with E-state index in [1.807, 2.05) is 6.92 Å². The van der Waals surface area contributed by atoms with Crippen molar-refractivity contribution < 1.29 is 19.4 Å². The Labute approximate surface area is 134 Å². The van der Waals surface area contributed by atoms with Crippen LogP contribution in [0, 0.1) is 11.8 Å². The Morgan fingerprint density at radius 2 is 2.18 bits per heavy atom. The van der Waals surface area contributed by atoms with Crippen LogP contribution in [0.5, 0.6) is 5.75 Å². The van der Waals surface area contributed by atoms with Crippen LogP contribution in [0.15, 0.2) is 18.2 Å². The van der Waals surface area contributed by atoms with E-state index in [0.717, 1.165) is 0 Å². The number of carbonyl (C=O) groups excluding carboxylic acids is 1. The number of nitrogens with zero attached hydrogens (tertiary/aromatic N) is 1. The zero-order valence-corrected chi connectivity index (χ0v) is 13.3. The molecule has 1 aliphatic heterocycles. The minimum Gasteiger partial charge on any atom is -0.495 e. The maximum atomic E-state index is 12.2. The minimum absolute atomic E-state index is 0.0397. The lowest BCUT2D eigenvalue weighted by Gasteiger charge is -2.17. The molecule has 1 fully saturated rings. The van der Waals surface area contributed by atoms with Gasteiger partial charge in [-0.2, -0.15) is 0 Å². The number of hydrogen-bond donors (Lipinski definition) is 2. The summed E-state index contributed by atoms with van der Waals surface area (Å²) in [5.74, 6) is -0.938. The number of anilines is 1. The molecule has 6 nitrogen and oxygen atoms in total. The van der Waals surface area contributed by atoms with Gasteiger partial charge in [0, 0.05) is 18.1 Å². The predicted octanol–water partition coefficient (Wildman–Crippen LogP) is 1.94. The number of methoxy groups -OCH3 is 1. The summed E-state index contributed by atoms with van der Waals surface area (Å²) < 4.78 is 5.20. The Kier molecular flexibility index (Phi) is 5.13. The average Bonchev–Trinajstić information content (AvgIpc) is 2.87. The lowest BCUT2D eigenvalue weighted by atomic mass is 9.99. The number of carbonyl (C=O) groups is 2. The number of carboxylic acid groups (broad SMARTS) is 1. The summed E-state index contributed by atoms with van der Waals surface area (Å²) >= 11 is 5.93. The van der Waals surface area contributed by atoms with Gasteiger partial charge in [0.05, 0.1) is 25.3 Å². The van der Waals surface area contributed by atoms with Crippen LogP contribution < -0.4 is 10.1 Å². The Balaban J connectivity index is 1.96. The number of amides is 1. The van der Waals surface area contributed by atoms with Gasteiger partial charge in [-0.3, -0.25) is 9.59 Å². The van der Waals surface area contributed by atoms with Gasteiger partial charge in [-0.15, -0.1) is 0 Å². The van der Waals surface area contributed by atoms with Crippen LogP contribution in [0.3, 0.4) is 0 Å². The third-order valence-corrected chi connectivity index (χ3v) is 4.11. The molecule has 1 saturated heterocycles. The lowest BCUT2D eigenvalue weighted by Crippen LogP contribution is -2.34. The quantitative estimate of drug-likeness (QED) is 0.864. The maximum Gasteiger partial charge on any atom is 0.308 e. The van der Waals surface area contributed by atoms with Crippen molar-refractivity contribution in [2.75, 3.05) is 32.1 Å². The Morgan fingerprint density at radius 1 is 1.45 bits per heavy atom. The molecule has 2 rings (SSSR count). The van der Waals surface area contributed by atoms with Gasteiger partial charge < -0.3 is 20.1 Å². The summed E-state index contributed by atoms with van der Waals surface area (Å²) in [6.45, 7) is 2.63. The third-order valence-electron chi connectivity index (χ3n) is 3.87. The molecule has 7 heteroatoms. The van der Waals surface area contributed by atoms with E-state index in [1.54, 1.807) is 23.1 Å². The molecule has 0 aromatic heterocycles. The number of nitrogens with one attached hydrogen (secondary N) is 1. The molecule has 1 aromatic rings. The molecule has 0 spiro atoms. The third kappa shape index (κ3) is 3.62. The molecule has 0 radical (unpaired) electrons. The zero-order valence-electron chi connectivity index (χ0n) is 12.5. The molecule has 120 valence electrons. The van der Waals surface area contributed by atoms with Crippen LogP contribution in [-0.2, 0) is 9.59 Å². The second-order valence-electron chi connectivity index (χ2n) is 5.42. The number of carboxylic acids is 1. The van der Waals surface area contributed by atoms with Gasteiger partial charge in [0.25, 0.3) is 0 Å². The Morgan fingerprint density at radius 3 is 2.77 bits per heavy atom. The summed E-state index contributed by atoms with van der Waals surface area (Å²) in [7, 11) is 1.54. The monoisotopic (exact) mass is 326 g/mol. The van der Waals surface area contributed by atoms with Crippen LogP contribution in [0.25, 0.3) is 0 Å². The van der Waals surface area contributed by atoms with E-state index in [9.17, 15) is 9.59 Å². The van der Waals surface area contributed by atoms with E-state index in [-0.39, 0.29) is 24.9 Å². The average molecular weight is 327 g/mol. The first kappa shape index (κ1) is 16.4. The smallest absolute Gasteiger partial charge is 0.308 e. The molecule has 2 N–H and O–H groups in total. The number of hydrogen-bond acceptors (Lipinski definition) is 4. The number of likely N-dealkylation sites (tertiary alicyclic amines) is 1. The first-order valence-corrected chi connectivity index (χ1v) is 7.38. The standard InChI is InChI=1S/C15H19ClN2O4/c1-9-7-18(8-11(9)15(20)21)14(19)6-17-12-5-10(16)3-4-13(12)22-2/h3-5,9,11,17H,6-8H2,1-2H3,(H,20,21)/t9-,11-/m1/s1. The van der Waals surface area contributed by atoms with Crippen LogP contribution in [0.4, 0.5) is 5.69 Å². The van der Waals surface area contributed by atoms with E-state index >= 15 is 0 Å². The fourth-order valence-electron chi connectivity index (χ4n) is 2.59. The highest BCUT2D eigenvalue weighted by Gasteiger charge is 2.36. The minimum atomic E-state index is -0.854. The second kappa shape index (κ2) is 6.87. The van der Waals surface area contributed by atoms with Gasteiger partial charge in [-0.25, -0.2) is 0 Å². The molecule has 0 saturated carbocycles. The molecule has 1 heterocycles. The second-order valence-corrected chi connectivity index (χ2v) is 5.86. The number of aliphatic carboxylic acids is 1. The van der Waals surface area contributed by atoms with Crippen LogP contribution in [0.1, 0.15) is 6.92 Å². The molecule has 22 heavy (non-hydrogen) atoms. The van der Waals surface area contributed by atoms with Gasteiger partial charge in [0.1, 0.15) is 5.75 Å². The molecule has 1 amide bonds. The summed E-state index contributed by atoms with van der Waals surface area (Å²) in [6.07, 6.45) is 0. The predicted molar refractivity (Wildman–Crippen MR) is 83.4 cm³/mol. The lowest BCUT2D eigenvalue weighted by molar-refractivity contribution is -0.142. The SMILES string of the molecule is COc1ccc(Cl)cc1NCC(=O)N1C[C@@H](C)[C@H](C(=O)O)C1. The molecule has 1 aliphatic rings. The Bertz CT molecular complexity index is 579. The maximum absolute atomic E-state index is 12.2. The highest BCUT2D eigenvalue weighted by atomic mass is 35.5. The number of halogens is 1. The molecule has 0 bridgehead atoms. The first-order chi connectivity index (χ1) is 10.4. The van der Waals surface area contributed by atoms with E-state index in [2.05, 4.69) is 5.32 Å². The van der Waals surface area contributed by atoms with E-state index in [4.69, 9.17) is 21.4 Å². The summed E-state index contributed by atoms with van der Waals surface area (Å²) in [4.78, 5) is 24.9. The van der Waals surface area contributed by atoms with Crippen molar-refractivity contribution in [2.45, 2.75) is 6.92 Å². The number of rotatable bonds is 5. The molecule has 1 aromatic carbocycles. The van der Waals surface area contributed by atoms with Crippen LogP contribution in [0.2, 0.25) is 5.02 Å². The highest BCUT2D eigenvalue weighted by molar-refractivity contribution is 6.30. The van der Waals surface area contributed by atoms with Crippen molar-refractivity contribution in [3.8, 4) is 5.75 Å².